The molecular formula is C16H25NO3. The first kappa shape index (κ1) is 16.7. The molecule has 0 saturated carbocycles. The Morgan fingerprint density at radius 1 is 1.25 bits per heavy atom. The van der Waals surface area contributed by atoms with Crippen molar-refractivity contribution in [2.75, 3.05) is 6.54 Å². The second kappa shape index (κ2) is 7.41. The summed E-state index contributed by atoms with van der Waals surface area (Å²) in [7, 11) is 0. The molecule has 4 nitrogen and oxygen atoms in total. The van der Waals surface area contributed by atoms with E-state index in [1.165, 1.54) is 5.56 Å². The standard InChI is InChI=1S/C16H25NO3/c1-5-13(17-7-6-14(18)19)16(20)15-11(3)8-10(2)9-12(15)4/h8-9,13,16-17,20H,5-7H2,1-4H3,(H,18,19). The second-order valence-corrected chi connectivity index (χ2v) is 5.37. The molecular weight excluding hydrogens is 254 g/mol. The predicted molar refractivity (Wildman–Crippen MR) is 79.9 cm³/mol. The van der Waals surface area contributed by atoms with Crippen LogP contribution in [0.3, 0.4) is 0 Å². The van der Waals surface area contributed by atoms with Crippen molar-refractivity contribution in [3.8, 4) is 0 Å². The molecule has 0 aromatic heterocycles. The molecule has 4 heteroatoms. The number of carbonyl (C=O) groups is 1. The molecule has 1 aromatic carbocycles. The van der Waals surface area contributed by atoms with Crippen LogP contribution in [0.2, 0.25) is 0 Å². The highest BCUT2D eigenvalue weighted by atomic mass is 16.4. The van der Waals surface area contributed by atoms with Gasteiger partial charge in [0.25, 0.3) is 0 Å². The molecule has 1 aromatic rings. The summed E-state index contributed by atoms with van der Waals surface area (Å²) in [4.78, 5) is 10.6. The van der Waals surface area contributed by atoms with Crippen molar-refractivity contribution in [3.05, 3.63) is 34.4 Å². The molecule has 0 saturated heterocycles. The normalized spacial score (nSPS) is 14.1. The Hall–Kier alpha value is -1.39. The number of carboxylic acid groups (broad SMARTS) is 1. The molecule has 0 amide bonds. The van der Waals surface area contributed by atoms with Crippen LogP contribution in [0.15, 0.2) is 12.1 Å². The van der Waals surface area contributed by atoms with E-state index in [0.717, 1.165) is 23.1 Å². The molecule has 0 aliphatic carbocycles. The number of carboxylic acids is 1. The van der Waals surface area contributed by atoms with Crippen LogP contribution in [0, 0.1) is 20.8 Å². The van der Waals surface area contributed by atoms with Crippen molar-refractivity contribution in [1.82, 2.24) is 5.32 Å². The van der Waals surface area contributed by atoms with Crippen LogP contribution in [0.25, 0.3) is 0 Å². The lowest BCUT2D eigenvalue weighted by molar-refractivity contribution is -0.136. The van der Waals surface area contributed by atoms with Gasteiger partial charge in [0.05, 0.1) is 12.5 Å². The summed E-state index contributed by atoms with van der Waals surface area (Å²) in [5.74, 6) is -0.829. The van der Waals surface area contributed by atoms with Crippen molar-refractivity contribution in [2.24, 2.45) is 0 Å². The molecule has 20 heavy (non-hydrogen) atoms. The lowest BCUT2D eigenvalue weighted by atomic mass is 9.91. The minimum Gasteiger partial charge on any atom is -0.481 e. The maximum atomic E-state index is 10.6. The van der Waals surface area contributed by atoms with Crippen molar-refractivity contribution in [3.63, 3.8) is 0 Å². The van der Waals surface area contributed by atoms with Crippen molar-refractivity contribution >= 4 is 5.97 Å². The average molecular weight is 279 g/mol. The zero-order valence-corrected chi connectivity index (χ0v) is 12.7. The Labute approximate surface area is 120 Å². The van der Waals surface area contributed by atoms with Gasteiger partial charge in [0.15, 0.2) is 0 Å². The Bertz CT molecular complexity index is 448. The van der Waals surface area contributed by atoms with Gasteiger partial charge in [-0.15, -0.1) is 0 Å². The molecule has 0 heterocycles. The van der Waals surface area contributed by atoms with Gasteiger partial charge in [-0.3, -0.25) is 4.79 Å². The van der Waals surface area contributed by atoms with E-state index in [2.05, 4.69) is 17.4 Å². The van der Waals surface area contributed by atoms with Crippen LogP contribution >= 0.6 is 0 Å². The number of nitrogens with one attached hydrogen (secondary N) is 1. The van der Waals surface area contributed by atoms with Crippen LogP contribution in [0.5, 0.6) is 0 Å². The number of hydrogen-bond donors (Lipinski definition) is 3. The summed E-state index contributed by atoms with van der Waals surface area (Å²) in [5.41, 5.74) is 4.29. The van der Waals surface area contributed by atoms with Crippen LogP contribution in [0.4, 0.5) is 0 Å². The molecule has 0 radical (unpaired) electrons. The van der Waals surface area contributed by atoms with Crippen molar-refractivity contribution < 1.29 is 15.0 Å². The van der Waals surface area contributed by atoms with Gasteiger partial charge in [-0.05, 0) is 43.9 Å². The Balaban J connectivity index is 2.85. The molecule has 0 spiro atoms. The van der Waals surface area contributed by atoms with E-state index in [9.17, 15) is 9.90 Å². The molecule has 0 aliphatic heterocycles. The van der Waals surface area contributed by atoms with Gasteiger partial charge in [0, 0.05) is 12.6 Å². The summed E-state index contributed by atoms with van der Waals surface area (Å²) in [6.45, 7) is 8.40. The minimum absolute atomic E-state index is 0.0646. The highest BCUT2D eigenvalue weighted by Crippen LogP contribution is 2.27. The van der Waals surface area contributed by atoms with E-state index in [1.54, 1.807) is 0 Å². The fourth-order valence-electron chi connectivity index (χ4n) is 2.70. The predicted octanol–water partition coefficient (Wildman–Crippen LogP) is 2.49. The maximum Gasteiger partial charge on any atom is 0.304 e. The maximum absolute atomic E-state index is 10.6. The van der Waals surface area contributed by atoms with E-state index in [4.69, 9.17) is 5.11 Å². The summed E-state index contributed by atoms with van der Waals surface area (Å²) in [5, 5.41) is 22.4. The molecule has 2 unspecified atom stereocenters. The summed E-state index contributed by atoms with van der Waals surface area (Å²) < 4.78 is 0. The van der Waals surface area contributed by atoms with Crippen molar-refractivity contribution in [1.29, 1.82) is 0 Å². The first-order valence-electron chi connectivity index (χ1n) is 7.07. The lowest BCUT2D eigenvalue weighted by Crippen LogP contribution is -2.36. The summed E-state index contributed by atoms with van der Waals surface area (Å²) in [6, 6.07) is 4.00. The first-order valence-corrected chi connectivity index (χ1v) is 7.07. The highest BCUT2D eigenvalue weighted by Gasteiger charge is 2.22. The number of aliphatic hydroxyl groups is 1. The van der Waals surface area contributed by atoms with E-state index < -0.39 is 12.1 Å². The fraction of sp³-hybridized carbons (Fsp3) is 0.562. The van der Waals surface area contributed by atoms with E-state index in [1.807, 2.05) is 27.7 Å². The number of hydrogen-bond acceptors (Lipinski definition) is 3. The molecule has 0 aliphatic rings. The summed E-state index contributed by atoms with van der Waals surface area (Å²) >= 11 is 0. The average Bonchev–Trinajstić information content (AvgIpc) is 2.32. The van der Waals surface area contributed by atoms with E-state index in [0.29, 0.717) is 6.54 Å². The van der Waals surface area contributed by atoms with Gasteiger partial charge in [-0.25, -0.2) is 0 Å². The zero-order valence-electron chi connectivity index (χ0n) is 12.7. The van der Waals surface area contributed by atoms with E-state index >= 15 is 0 Å². The van der Waals surface area contributed by atoms with Gasteiger partial charge in [0.2, 0.25) is 0 Å². The van der Waals surface area contributed by atoms with Crippen molar-refractivity contribution in [2.45, 2.75) is 52.7 Å². The second-order valence-electron chi connectivity index (χ2n) is 5.37. The fourth-order valence-corrected chi connectivity index (χ4v) is 2.70. The third kappa shape index (κ3) is 4.32. The molecule has 2 atom stereocenters. The van der Waals surface area contributed by atoms with Gasteiger partial charge >= 0.3 is 5.97 Å². The van der Waals surface area contributed by atoms with Crippen LogP contribution in [-0.2, 0) is 4.79 Å². The number of benzene rings is 1. The number of aliphatic carboxylic acids is 1. The SMILES string of the molecule is CCC(NCCC(=O)O)C(O)c1c(C)cc(C)cc1C. The topological polar surface area (TPSA) is 69.6 Å². The highest BCUT2D eigenvalue weighted by molar-refractivity contribution is 5.66. The zero-order chi connectivity index (χ0) is 15.3. The summed E-state index contributed by atoms with van der Waals surface area (Å²) in [6.07, 6.45) is 0.192. The Morgan fingerprint density at radius 3 is 2.25 bits per heavy atom. The molecule has 0 fully saturated rings. The molecule has 3 N–H and O–H groups in total. The largest absolute Gasteiger partial charge is 0.481 e. The quantitative estimate of drug-likeness (QED) is 0.717. The van der Waals surface area contributed by atoms with Gasteiger partial charge < -0.3 is 15.5 Å². The molecule has 112 valence electrons. The third-order valence-electron chi connectivity index (χ3n) is 3.60. The van der Waals surface area contributed by atoms with Crippen LogP contribution in [-0.4, -0.2) is 28.8 Å². The van der Waals surface area contributed by atoms with Gasteiger partial charge in [-0.2, -0.15) is 0 Å². The molecule has 1 rings (SSSR count). The lowest BCUT2D eigenvalue weighted by Gasteiger charge is -2.26. The number of rotatable bonds is 7. The first-order chi connectivity index (χ1) is 9.36. The van der Waals surface area contributed by atoms with Gasteiger partial charge in [-0.1, -0.05) is 24.6 Å². The molecule has 0 bridgehead atoms. The third-order valence-corrected chi connectivity index (χ3v) is 3.60. The van der Waals surface area contributed by atoms with Gasteiger partial charge in [0.1, 0.15) is 0 Å². The number of aliphatic hydroxyl groups excluding tert-OH is 1. The Kier molecular flexibility index (Phi) is 6.17. The Morgan fingerprint density at radius 2 is 1.80 bits per heavy atom. The van der Waals surface area contributed by atoms with Crippen LogP contribution < -0.4 is 5.32 Å². The van der Waals surface area contributed by atoms with Crippen LogP contribution in [0.1, 0.15) is 48.1 Å². The van der Waals surface area contributed by atoms with E-state index in [-0.39, 0.29) is 12.5 Å². The smallest absolute Gasteiger partial charge is 0.304 e. The minimum atomic E-state index is -0.829. The monoisotopic (exact) mass is 279 g/mol. The number of aryl methyl sites for hydroxylation is 3.